The van der Waals surface area contributed by atoms with Crippen molar-refractivity contribution in [1.29, 1.82) is 0 Å². The molecule has 9 rings (SSSR count). The molecule has 1 aliphatic heterocycles. The number of nitrogens with zero attached hydrogens (tertiary/aromatic N) is 4. The lowest BCUT2D eigenvalue weighted by Crippen LogP contribution is -2.19. The Balaban J connectivity index is 1.32. The molecule has 0 bridgehead atoms. The van der Waals surface area contributed by atoms with E-state index >= 15 is 0 Å². The highest BCUT2D eigenvalue weighted by atomic mass is 14.9. The lowest BCUT2D eigenvalue weighted by atomic mass is 9.85. The van der Waals surface area contributed by atoms with Crippen LogP contribution < -0.4 is 0 Å². The molecule has 0 saturated carbocycles. The van der Waals surface area contributed by atoms with E-state index in [4.69, 9.17) is 9.98 Å². The number of benzene rings is 4. The Bertz CT molecular complexity index is 1880. The highest BCUT2D eigenvalue weighted by Gasteiger charge is 2.37. The first kappa shape index (κ1) is 23.2. The highest BCUT2D eigenvalue weighted by molar-refractivity contribution is 6.19. The van der Waals surface area contributed by atoms with Crippen LogP contribution in [0.5, 0.6) is 0 Å². The van der Waals surface area contributed by atoms with E-state index < -0.39 is 0 Å². The Morgan fingerprint density at radius 2 is 0.690 bits per heavy atom. The van der Waals surface area contributed by atoms with Gasteiger partial charge in [0.1, 0.15) is 0 Å². The van der Waals surface area contributed by atoms with Crippen LogP contribution in [0.25, 0.3) is 22.3 Å². The van der Waals surface area contributed by atoms with Crippen LogP contribution in [0.4, 0.5) is 11.4 Å². The van der Waals surface area contributed by atoms with Gasteiger partial charge in [-0.25, -0.2) is 0 Å². The second kappa shape index (κ2) is 9.02. The van der Waals surface area contributed by atoms with Gasteiger partial charge in [-0.2, -0.15) is 0 Å². The van der Waals surface area contributed by atoms with Gasteiger partial charge in [0.15, 0.2) is 0 Å². The summed E-state index contributed by atoms with van der Waals surface area (Å²) in [6.45, 7) is 0. The quantitative estimate of drug-likeness (QED) is 0.222. The summed E-state index contributed by atoms with van der Waals surface area (Å²) in [5.74, 6) is -0.0721. The van der Waals surface area contributed by atoms with Crippen molar-refractivity contribution in [3.05, 3.63) is 167 Å². The van der Waals surface area contributed by atoms with E-state index in [0.29, 0.717) is 0 Å². The van der Waals surface area contributed by atoms with E-state index in [1.807, 2.05) is 36.9 Å². The van der Waals surface area contributed by atoms with E-state index in [2.05, 4.69) is 107 Å². The Morgan fingerprint density at radius 3 is 1.05 bits per heavy atom. The first-order valence-corrected chi connectivity index (χ1v) is 14.3. The molecular weight excluding hydrogens is 512 g/mol. The van der Waals surface area contributed by atoms with Crippen molar-refractivity contribution in [2.45, 2.75) is 11.8 Å². The van der Waals surface area contributed by atoms with Gasteiger partial charge < -0.3 is 0 Å². The minimum atomic E-state index is -0.0361. The van der Waals surface area contributed by atoms with Crippen molar-refractivity contribution in [2.24, 2.45) is 9.98 Å². The molecule has 2 aliphatic carbocycles. The molecule has 3 heterocycles. The Kier molecular flexibility index (Phi) is 4.99. The summed E-state index contributed by atoms with van der Waals surface area (Å²) in [4.78, 5) is 20.2. The topological polar surface area (TPSA) is 50.5 Å². The normalized spacial score (nSPS) is 14.8. The van der Waals surface area contributed by atoms with Gasteiger partial charge in [-0.3, -0.25) is 20.0 Å². The third kappa shape index (κ3) is 3.29. The highest BCUT2D eigenvalue weighted by Crippen LogP contribution is 2.50. The minimum Gasteiger partial charge on any atom is -0.264 e. The summed E-state index contributed by atoms with van der Waals surface area (Å²) in [5, 5.41) is 0. The van der Waals surface area contributed by atoms with Gasteiger partial charge in [0.25, 0.3) is 0 Å². The number of hydrogen-bond acceptors (Lipinski definition) is 4. The maximum Gasteiger partial charge on any atom is 0.0755 e. The van der Waals surface area contributed by atoms with Gasteiger partial charge in [-0.1, -0.05) is 97.1 Å². The number of fused-ring (bicyclic) bond motifs is 8. The van der Waals surface area contributed by atoms with E-state index in [-0.39, 0.29) is 11.8 Å². The summed E-state index contributed by atoms with van der Waals surface area (Å²) < 4.78 is 0. The molecule has 0 amide bonds. The monoisotopic (exact) mass is 536 g/mol. The lowest BCUT2D eigenvalue weighted by Gasteiger charge is -2.24. The van der Waals surface area contributed by atoms with Crippen molar-refractivity contribution >= 4 is 22.8 Å². The zero-order valence-corrected chi connectivity index (χ0v) is 22.6. The smallest absolute Gasteiger partial charge is 0.0755 e. The molecule has 0 spiro atoms. The number of aromatic nitrogens is 2. The van der Waals surface area contributed by atoms with Crippen LogP contribution in [0.1, 0.15) is 45.2 Å². The van der Waals surface area contributed by atoms with Gasteiger partial charge in [0.05, 0.1) is 34.6 Å². The maximum absolute atomic E-state index is 5.51. The summed E-state index contributed by atoms with van der Waals surface area (Å²) >= 11 is 0. The molecule has 0 fully saturated rings. The molecule has 4 aromatic carbocycles. The molecule has 0 saturated heterocycles. The molecule has 3 aliphatic rings. The number of pyridine rings is 2. The Labute approximate surface area is 243 Å². The Morgan fingerprint density at radius 1 is 0.357 bits per heavy atom. The molecule has 0 atom stereocenters. The van der Waals surface area contributed by atoms with Crippen molar-refractivity contribution < 1.29 is 0 Å². The number of hydrogen-bond donors (Lipinski definition) is 0. The predicted molar refractivity (Wildman–Crippen MR) is 168 cm³/mol. The standard InChI is InChI=1S/C38H24N4/c1-5-13-27-23(9-1)24-10-2-6-14-28(24)35(27)37-31-21-39-19-17-33(31)42-38(32-22-40-20-18-34(32)41-37)36-29-15-7-3-11-25(29)26-12-4-8-16-30(26)36/h1-22,35-36H. The zero-order chi connectivity index (χ0) is 27.6. The summed E-state index contributed by atoms with van der Waals surface area (Å²) in [6.07, 6.45) is 7.52. The molecule has 42 heavy (non-hydrogen) atoms. The van der Waals surface area contributed by atoms with E-state index in [1.54, 1.807) is 0 Å². The lowest BCUT2D eigenvalue weighted by molar-refractivity contribution is 1.09. The third-order valence-electron chi connectivity index (χ3n) is 8.84. The summed E-state index contributed by atoms with van der Waals surface area (Å²) in [7, 11) is 0. The number of aliphatic imine (C=N–C) groups is 2. The average molecular weight is 537 g/mol. The van der Waals surface area contributed by atoms with Crippen LogP contribution in [0, 0.1) is 0 Å². The summed E-state index contributed by atoms with van der Waals surface area (Å²) in [5.41, 5.74) is 15.6. The molecule has 0 radical (unpaired) electrons. The van der Waals surface area contributed by atoms with E-state index in [9.17, 15) is 0 Å². The van der Waals surface area contributed by atoms with Gasteiger partial charge >= 0.3 is 0 Å². The van der Waals surface area contributed by atoms with Crippen molar-refractivity contribution in [1.82, 2.24) is 9.97 Å². The van der Waals surface area contributed by atoms with Crippen LogP contribution in [-0.2, 0) is 0 Å². The molecule has 4 nitrogen and oxygen atoms in total. The van der Waals surface area contributed by atoms with E-state index in [0.717, 1.165) is 33.9 Å². The predicted octanol–water partition coefficient (Wildman–Crippen LogP) is 8.66. The Hall–Kier alpha value is -5.48. The largest absolute Gasteiger partial charge is 0.264 e. The first-order chi connectivity index (χ1) is 20.9. The average Bonchev–Trinajstić information content (AvgIpc) is 3.55. The first-order valence-electron chi connectivity index (χ1n) is 14.3. The second-order valence-electron chi connectivity index (χ2n) is 11.0. The van der Waals surface area contributed by atoms with Crippen LogP contribution in [0.2, 0.25) is 0 Å². The van der Waals surface area contributed by atoms with Crippen LogP contribution in [0.15, 0.2) is 144 Å². The molecule has 4 heteroatoms. The van der Waals surface area contributed by atoms with E-state index in [1.165, 1.54) is 44.5 Å². The van der Waals surface area contributed by atoms with Crippen LogP contribution in [-0.4, -0.2) is 21.4 Å². The molecule has 2 aromatic heterocycles. The zero-order valence-electron chi connectivity index (χ0n) is 22.6. The molecule has 196 valence electrons. The van der Waals surface area contributed by atoms with Gasteiger partial charge in [-0.05, 0) is 56.6 Å². The SMILES string of the molecule is c1ccc2c(c1)-c1ccccc1C2C1=Nc2ccncc2C(C2c3ccccc3-c3ccccc32)=Nc2ccncc21. The third-order valence-corrected chi connectivity index (χ3v) is 8.84. The minimum absolute atomic E-state index is 0.0361. The van der Waals surface area contributed by atoms with Crippen molar-refractivity contribution in [3.8, 4) is 22.3 Å². The van der Waals surface area contributed by atoms with Crippen molar-refractivity contribution in [2.75, 3.05) is 0 Å². The number of rotatable bonds is 2. The summed E-state index contributed by atoms with van der Waals surface area (Å²) in [6, 6.07) is 38.7. The van der Waals surface area contributed by atoms with Crippen LogP contribution in [0.3, 0.4) is 0 Å². The molecule has 6 aromatic rings. The van der Waals surface area contributed by atoms with Gasteiger partial charge in [0.2, 0.25) is 0 Å². The molecular formula is C38H24N4. The second-order valence-corrected chi connectivity index (χ2v) is 11.0. The molecule has 0 N–H and O–H groups in total. The fraction of sp³-hybridized carbons (Fsp3) is 0.0526. The van der Waals surface area contributed by atoms with Gasteiger partial charge in [-0.15, -0.1) is 0 Å². The fourth-order valence-corrected chi connectivity index (χ4v) is 7.08. The molecule has 0 unspecified atom stereocenters. The fourth-order valence-electron chi connectivity index (χ4n) is 7.08. The van der Waals surface area contributed by atoms with Gasteiger partial charge in [0, 0.05) is 35.9 Å². The maximum atomic E-state index is 5.51. The van der Waals surface area contributed by atoms with Crippen LogP contribution >= 0.6 is 0 Å². The van der Waals surface area contributed by atoms with Crippen molar-refractivity contribution in [3.63, 3.8) is 0 Å².